The van der Waals surface area contributed by atoms with Gasteiger partial charge >= 0.3 is 0 Å². The summed E-state index contributed by atoms with van der Waals surface area (Å²) in [7, 11) is 1.53. The number of anilines is 2. The Morgan fingerprint density at radius 1 is 1.17 bits per heavy atom. The van der Waals surface area contributed by atoms with Crippen molar-refractivity contribution in [1.29, 1.82) is 0 Å². The van der Waals surface area contributed by atoms with Gasteiger partial charge in [-0.1, -0.05) is 27.2 Å². The number of hydrogen-bond acceptors (Lipinski definition) is 5. The first kappa shape index (κ1) is 23.2. The predicted octanol–water partition coefficient (Wildman–Crippen LogP) is 2.99. The average molecular weight is 406 g/mol. The number of carbonyl (C=O) groups excluding carboxylic acids is 2. The van der Waals surface area contributed by atoms with Gasteiger partial charge in [-0.25, -0.2) is 0 Å². The van der Waals surface area contributed by atoms with Crippen LogP contribution < -0.4 is 21.1 Å². The second-order valence-corrected chi connectivity index (χ2v) is 8.59. The fourth-order valence-electron chi connectivity index (χ4n) is 4.03. The van der Waals surface area contributed by atoms with E-state index in [0.29, 0.717) is 34.9 Å². The van der Waals surface area contributed by atoms with E-state index in [1.807, 2.05) is 0 Å². The second kappa shape index (κ2) is 10.1. The van der Waals surface area contributed by atoms with E-state index in [4.69, 9.17) is 10.5 Å². The fraction of sp³-hybridized carbons (Fsp3) is 0.636. The summed E-state index contributed by atoms with van der Waals surface area (Å²) in [5, 5.41) is 15.3. The Kier molecular flexibility index (Phi) is 8.05. The summed E-state index contributed by atoms with van der Waals surface area (Å²) in [6.45, 7) is 7.97. The molecule has 1 saturated carbocycles. The van der Waals surface area contributed by atoms with E-state index in [-0.39, 0.29) is 11.8 Å². The van der Waals surface area contributed by atoms with Crippen LogP contribution in [0.4, 0.5) is 11.4 Å². The SMILES string of the molecule is COc1ccc(NC(=O)[C@@H]2C[C@H](C)CC[C@H]2C(C)C)c(NC(=O)[C@H](N)[C@H](C)O)c1. The molecule has 0 radical (unpaired) electrons. The van der Waals surface area contributed by atoms with Crippen LogP contribution in [0.1, 0.15) is 47.0 Å². The zero-order valence-electron chi connectivity index (χ0n) is 18.1. The zero-order valence-corrected chi connectivity index (χ0v) is 18.1. The highest BCUT2D eigenvalue weighted by atomic mass is 16.5. The third-order valence-electron chi connectivity index (χ3n) is 5.92. The van der Waals surface area contributed by atoms with Crippen LogP contribution in [0, 0.1) is 23.7 Å². The van der Waals surface area contributed by atoms with Gasteiger partial charge in [-0.15, -0.1) is 0 Å². The highest BCUT2D eigenvalue weighted by molar-refractivity contribution is 6.02. The quantitative estimate of drug-likeness (QED) is 0.557. The number of benzene rings is 1. The number of nitrogens with two attached hydrogens (primary N) is 1. The van der Waals surface area contributed by atoms with E-state index < -0.39 is 18.1 Å². The van der Waals surface area contributed by atoms with Crippen LogP contribution in [0.2, 0.25) is 0 Å². The molecule has 0 aliphatic heterocycles. The molecule has 0 spiro atoms. The highest BCUT2D eigenvalue weighted by Crippen LogP contribution is 2.39. The van der Waals surface area contributed by atoms with Crippen LogP contribution >= 0.6 is 0 Å². The van der Waals surface area contributed by atoms with E-state index in [2.05, 4.69) is 31.4 Å². The van der Waals surface area contributed by atoms with Crippen LogP contribution in [0.25, 0.3) is 0 Å². The smallest absolute Gasteiger partial charge is 0.244 e. The van der Waals surface area contributed by atoms with Crippen molar-refractivity contribution in [2.45, 2.75) is 59.1 Å². The minimum Gasteiger partial charge on any atom is -0.497 e. The van der Waals surface area contributed by atoms with Crippen LogP contribution in [0.5, 0.6) is 5.75 Å². The summed E-state index contributed by atoms with van der Waals surface area (Å²) in [5.74, 6) is 1.19. The van der Waals surface area contributed by atoms with E-state index >= 15 is 0 Å². The van der Waals surface area contributed by atoms with Crippen molar-refractivity contribution in [1.82, 2.24) is 0 Å². The Morgan fingerprint density at radius 2 is 1.86 bits per heavy atom. The van der Waals surface area contributed by atoms with Gasteiger partial charge in [0, 0.05) is 12.0 Å². The summed E-state index contributed by atoms with van der Waals surface area (Å²) in [5.41, 5.74) is 6.61. The molecule has 2 rings (SSSR count). The number of rotatable bonds is 7. The van der Waals surface area contributed by atoms with Crippen molar-refractivity contribution < 1.29 is 19.4 Å². The van der Waals surface area contributed by atoms with Gasteiger partial charge < -0.3 is 26.2 Å². The summed E-state index contributed by atoms with van der Waals surface area (Å²) >= 11 is 0. The van der Waals surface area contributed by atoms with Gasteiger partial charge in [0.15, 0.2) is 0 Å². The van der Waals surface area contributed by atoms with Crippen LogP contribution in [-0.4, -0.2) is 36.2 Å². The lowest BCUT2D eigenvalue weighted by Crippen LogP contribution is -2.43. The molecule has 162 valence electrons. The van der Waals surface area contributed by atoms with E-state index in [9.17, 15) is 14.7 Å². The monoisotopic (exact) mass is 405 g/mol. The van der Waals surface area contributed by atoms with Crippen LogP contribution in [0.3, 0.4) is 0 Å². The summed E-state index contributed by atoms with van der Waals surface area (Å²) < 4.78 is 5.24. The number of aliphatic hydroxyl groups is 1. The molecule has 1 aliphatic rings. The maximum atomic E-state index is 13.1. The van der Waals surface area contributed by atoms with Crippen molar-refractivity contribution in [2.24, 2.45) is 29.4 Å². The van der Waals surface area contributed by atoms with E-state index in [1.54, 1.807) is 18.2 Å². The van der Waals surface area contributed by atoms with Crippen LogP contribution in [-0.2, 0) is 9.59 Å². The van der Waals surface area contributed by atoms with Gasteiger partial charge in [-0.05, 0) is 49.7 Å². The first-order valence-corrected chi connectivity index (χ1v) is 10.4. The van der Waals surface area contributed by atoms with Gasteiger partial charge in [-0.2, -0.15) is 0 Å². The Balaban J connectivity index is 2.24. The molecule has 0 bridgehead atoms. The minimum atomic E-state index is -1.07. The molecule has 1 aromatic rings. The molecule has 7 nitrogen and oxygen atoms in total. The Morgan fingerprint density at radius 3 is 2.45 bits per heavy atom. The Bertz CT molecular complexity index is 720. The molecule has 2 amide bonds. The van der Waals surface area contributed by atoms with Gasteiger partial charge in [0.05, 0.1) is 24.6 Å². The topological polar surface area (TPSA) is 114 Å². The lowest BCUT2D eigenvalue weighted by Gasteiger charge is -2.36. The Labute approximate surface area is 173 Å². The third kappa shape index (κ3) is 5.93. The maximum Gasteiger partial charge on any atom is 0.244 e. The van der Waals surface area contributed by atoms with Crippen LogP contribution in [0.15, 0.2) is 18.2 Å². The standard InChI is InChI=1S/C22H35N3O4/c1-12(2)16-8-6-13(3)10-17(16)21(27)24-18-9-7-15(29-5)11-19(18)25-22(28)20(23)14(4)26/h7,9,11-14,16-17,20,26H,6,8,10,23H2,1-5H3,(H,24,27)(H,25,28)/t13-,14+,16+,17-,20-/m1/s1. The van der Waals surface area contributed by atoms with E-state index in [1.165, 1.54) is 14.0 Å². The van der Waals surface area contributed by atoms with E-state index in [0.717, 1.165) is 19.3 Å². The maximum absolute atomic E-state index is 13.1. The van der Waals surface area contributed by atoms with Gasteiger partial charge in [-0.3, -0.25) is 9.59 Å². The van der Waals surface area contributed by atoms with Crippen molar-refractivity contribution >= 4 is 23.2 Å². The number of carbonyl (C=O) groups is 2. The number of methoxy groups -OCH3 is 1. The van der Waals surface area contributed by atoms with Gasteiger partial charge in [0.1, 0.15) is 11.8 Å². The molecule has 5 N–H and O–H groups in total. The molecule has 5 atom stereocenters. The molecule has 0 saturated heterocycles. The molecule has 0 unspecified atom stereocenters. The normalized spacial score (nSPS) is 23.9. The minimum absolute atomic E-state index is 0.0317. The number of amides is 2. The molecule has 1 aliphatic carbocycles. The lowest BCUT2D eigenvalue weighted by atomic mass is 9.70. The number of aliphatic hydroxyl groups excluding tert-OH is 1. The molecule has 1 fully saturated rings. The fourth-order valence-corrected chi connectivity index (χ4v) is 4.03. The number of ether oxygens (including phenoxy) is 1. The van der Waals surface area contributed by atoms with Gasteiger partial charge in [0.2, 0.25) is 11.8 Å². The largest absolute Gasteiger partial charge is 0.497 e. The Hall–Kier alpha value is -2.12. The molecule has 29 heavy (non-hydrogen) atoms. The molecular formula is C22H35N3O4. The molecule has 1 aromatic carbocycles. The first-order valence-electron chi connectivity index (χ1n) is 10.4. The third-order valence-corrected chi connectivity index (χ3v) is 5.92. The molecule has 0 aromatic heterocycles. The summed E-state index contributed by atoms with van der Waals surface area (Å²) in [4.78, 5) is 25.5. The highest BCUT2D eigenvalue weighted by Gasteiger charge is 2.35. The molecule has 0 heterocycles. The van der Waals surface area contributed by atoms with Crippen molar-refractivity contribution in [2.75, 3.05) is 17.7 Å². The van der Waals surface area contributed by atoms with Gasteiger partial charge in [0.25, 0.3) is 0 Å². The second-order valence-electron chi connectivity index (χ2n) is 8.59. The van der Waals surface area contributed by atoms with Crippen molar-refractivity contribution in [3.05, 3.63) is 18.2 Å². The number of hydrogen-bond donors (Lipinski definition) is 4. The zero-order chi connectivity index (χ0) is 21.7. The van der Waals surface area contributed by atoms with Crippen molar-refractivity contribution in [3.8, 4) is 5.75 Å². The first-order chi connectivity index (χ1) is 13.6. The average Bonchev–Trinajstić information content (AvgIpc) is 2.67. The van der Waals surface area contributed by atoms with Crippen molar-refractivity contribution in [3.63, 3.8) is 0 Å². The molecular weight excluding hydrogens is 370 g/mol. The summed E-state index contributed by atoms with van der Waals surface area (Å²) in [6.07, 6.45) is 2.06. The number of nitrogens with one attached hydrogen (secondary N) is 2. The molecule has 7 heteroatoms. The summed E-state index contributed by atoms with van der Waals surface area (Å²) in [6, 6.07) is 3.99. The predicted molar refractivity (Wildman–Crippen MR) is 115 cm³/mol. The lowest BCUT2D eigenvalue weighted by molar-refractivity contribution is -0.124.